The van der Waals surface area contributed by atoms with Gasteiger partial charge < -0.3 is 10.0 Å². The van der Waals surface area contributed by atoms with Crippen molar-refractivity contribution in [3.05, 3.63) is 0 Å². The zero-order chi connectivity index (χ0) is 15.3. The quantitative estimate of drug-likeness (QED) is 0.614. The van der Waals surface area contributed by atoms with Crippen molar-refractivity contribution in [1.82, 2.24) is 9.80 Å². The number of rotatable bonds is 4. The standard InChI is InChI=1S/C8H9NO4.C6H15N/c10-6-2-1-4-3-5(8(12)13)7(11)9(4)6;1-4-7(5-2)6-3/h4-5H,1-3H2,(H,12,13);4-6H2,1-3H3. The van der Waals surface area contributed by atoms with Crippen LogP contribution in [-0.2, 0) is 14.4 Å². The summed E-state index contributed by atoms with van der Waals surface area (Å²) in [6, 6.07) is -0.152. The molecule has 6 nitrogen and oxygen atoms in total. The van der Waals surface area contributed by atoms with E-state index in [1.807, 2.05) is 0 Å². The third kappa shape index (κ3) is 3.56. The first-order valence-electron chi connectivity index (χ1n) is 7.27. The van der Waals surface area contributed by atoms with Crippen LogP contribution in [0.4, 0.5) is 0 Å². The van der Waals surface area contributed by atoms with Gasteiger partial charge in [0.15, 0.2) is 0 Å². The zero-order valence-corrected chi connectivity index (χ0v) is 12.5. The van der Waals surface area contributed by atoms with Crippen molar-refractivity contribution in [3.63, 3.8) is 0 Å². The lowest BCUT2D eigenvalue weighted by atomic mass is 10.0. The Morgan fingerprint density at radius 3 is 2.15 bits per heavy atom. The molecule has 0 aromatic rings. The minimum absolute atomic E-state index is 0.152. The Labute approximate surface area is 119 Å². The number of hydrogen-bond donors (Lipinski definition) is 1. The van der Waals surface area contributed by atoms with Gasteiger partial charge in [0.1, 0.15) is 5.92 Å². The van der Waals surface area contributed by atoms with Gasteiger partial charge in [-0.05, 0) is 32.5 Å². The van der Waals surface area contributed by atoms with Crippen molar-refractivity contribution in [2.75, 3.05) is 19.6 Å². The van der Waals surface area contributed by atoms with Gasteiger partial charge in [-0.1, -0.05) is 20.8 Å². The lowest BCUT2D eigenvalue weighted by molar-refractivity contribution is -0.149. The zero-order valence-electron chi connectivity index (χ0n) is 12.5. The Kier molecular flexibility index (Phi) is 6.13. The largest absolute Gasteiger partial charge is 0.481 e. The molecule has 2 saturated heterocycles. The van der Waals surface area contributed by atoms with Crippen LogP contribution >= 0.6 is 0 Å². The van der Waals surface area contributed by atoms with Gasteiger partial charge >= 0.3 is 5.97 Å². The Bertz CT molecular complexity index is 374. The molecule has 0 aromatic heterocycles. The van der Waals surface area contributed by atoms with E-state index < -0.39 is 17.8 Å². The molecule has 1 N–H and O–H groups in total. The molecule has 20 heavy (non-hydrogen) atoms. The fourth-order valence-electron chi connectivity index (χ4n) is 2.69. The maximum Gasteiger partial charge on any atom is 0.316 e. The van der Waals surface area contributed by atoms with Gasteiger partial charge in [-0.15, -0.1) is 0 Å². The fourth-order valence-corrected chi connectivity index (χ4v) is 2.69. The minimum Gasteiger partial charge on any atom is -0.481 e. The normalized spacial score (nSPS) is 24.7. The molecule has 114 valence electrons. The Morgan fingerprint density at radius 2 is 1.80 bits per heavy atom. The number of fused-ring (bicyclic) bond motifs is 1. The Hall–Kier alpha value is -1.43. The van der Waals surface area contributed by atoms with Crippen LogP contribution in [0, 0.1) is 5.92 Å². The fraction of sp³-hybridized carbons (Fsp3) is 0.786. The first kappa shape index (κ1) is 16.6. The van der Waals surface area contributed by atoms with Crippen LogP contribution in [0.2, 0.25) is 0 Å². The number of nitrogens with zero attached hydrogens (tertiary/aromatic N) is 2. The number of hydrogen-bond acceptors (Lipinski definition) is 4. The van der Waals surface area contributed by atoms with Crippen LogP contribution in [0.3, 0.4) is 0 Å². The summed E-state index contributed by atoms with van der Waals surface area (Å²) in [5.41, 5.74) is 0. The van der Waals surface area contributed by atoms with Crippen LogP contribution in [0.25, 0.3) is 0 Å². The molecule has 0 aliphatic carbocycles. The molecule has 2 unspecified atom stereocenters. The predicted octanol–water partition coefficient (Wildman–Crippen LogP) is 0.957. The predicted molar refractivity (Wildman–Crippen MR) is 74.1 cm³/mol. The maximum atomic E-state index is 11.4. The molecule has 6 heteroatoms. The van der Waals surface area contributed by atoms with E-state index in [2.05, 4.69) is 25.7 Å². The highest BCUT2D eigenvalue weighted by atomic mass is 16.4. The monoisotopic (exact) mass is 284 g/mol. The molecule has 2 heterocycles. The summed E-state index contributed by atoms with van der Waals surface area (Å²) in [6.07, 6.45) is 1.29. The second-order valence-electron chi connectivity index (χ2n) is 5.04. The molecule has 0 aromatic carbocycles. The third-order valence-corrected chi connectivity index (χ3v) is 4.01. The van der Waals surface area contributed by atoms with Gasteiger partial charge in [-0.3, -0.25) is 19.3 Å². The summed E-state index contributed by atoms with van der Waals surface area (Å²) < 4.78 is 0. The highest BCUT2D eigenvalue weighted by molar-refractivity contribution is 6.07. The number of carbonyl (C=O) groups excluding carboxylic acids is 2. The van der Waals surface area contributed by atoms with E-state index in [1.165, 1.54) is 19.6 Å². The van der Waals surface area contributed by atoms with E-state index in [0.29, 0.717) is 19.3 Å². The summed E-state index contributed by atoms with van der Waals surface area (Å²) >= 11 is 0. The highest BCUT2D eigenvalue weighted by Gasteiger charge is 2.49. The summed E-state index contributed by atoms with van der Waals surface area (Å²) in [7, 11) is 0. The van der Waals surface area contributed by atoms with Gasteiger partial charge in [0, 0.05) is 12.5 Å². The van der Waals surface area contributed by atoms with Gasteiger partial charge in [-0.25, -0.2) is 0 Å². The molecular weight excluding hydrogens is 260 g/mol. The first-order chi connectivity index (χ1) is 9.46. The molecule has 2 aliphatic rings. The molecule has 0 radical (unpaired) electrons. The summed E-state index contributed by atoms with van der Waals surface area (Å²) in [5, 5.41) is 8.67. The van der Waals surface area contributed by atoms with E-state index in [9.17, 15) is 14.4 Å². The van der Waals surface area contributed by atoms with E-state index in [4.69, 9.17) is 5.11 Å². The molecule has 2 rings (SSSR count). The molecule has 0 spiro atoms. The first-order valence-corrected chi connectivity index (χ1v) is 7.27. The number of carbonyl (C=O) groups is 3. The van der Waals surface area contributed by atoms with E-state index in [1.54, 1.807) is 0 Å². The molecule has 2 amide bonds. The number of amides is 2. The average Bonchev–Trinajstić information content (AvgIpc) is 2.94. The van der Waals surface area contributed by atoms with Crippen LogP contribution in [0.1, 0.15) is 40.0 Å². The molecule has 2 atom stereocenters. The summed E-state index contributed by atoms with van der Waals surface area (Å²) in [6.45, 7) is 10.1. The highest BCUT2D eigenvalue weighted by Crippen LogP contribution is 2.33. The maximum absolute atomic E-state index is 11.4. The molecule has 2 fully saturated rings. The van der Waals surface area contributed by atoms with Crippen molar-refractivity contribution in [3.8, 4) is 0 Å². The molecule has 0 saturated carbocycles. The number of imide groups is 1. The van der Waals surface area contributed by atoms with E-state index in [-0.39, 0.29) is 11.9 Å². The van der Waals surface area contributed by atoms with Gasteiger partial charge in [0.05, 0.1) is 0 Å². The van der Waals surface area contributed by atoms with Gasteiger partial charge in [-0.2, -0.15) is 0 Å². The lowest BCUT2D eigenvalue weighted by Crippen LogP contribution is -2.34. The van der Waals surface area contributed by atoms with Gasteiger partial charge in [0.25, 0.3) is 0 Å². The smallest absolute Gasteiger partial charge is 0.316 e. The van der Waals surface area contributed by atoms with Gasteiger partial charge in [0.2, 0.25) is 11.8 Å². The summed E-state index contributed by atoms with van der Waals surface area (Å²) in [4.78, 5) is 36.6. The topological polar surface area (TPSA) is 77.9 Å². The molecule has 0 bridgehead atoms. The van der Waals surface area contributed by atoms with Crippen LogP contribution in [-0.4, -0.2) is 58.4 Å². The Balaban J connectivity index is 0.000000246. The van der Waals surface area contributed by atoms with Crippen LogP contribution in [0.5, 0.6) is 0 Å². The Morgan fingerprint density at radius 1 is 1.25 bits per heavy atom. The number of aliphatic carboxylic acids is 1. The second-order valence-corrected chi connectivity index (χ2v) is 5.04. The molecular formula is C14H24N2O4. The van der Waals surface area contributed by atoms with Crippen molar-refractivity contribution in [1.29, 1.82) is 0 Å². The number of carboxylic acids is 1. The van der Waals surface area contributed by atoms with Crippen molar-refractivity contribution in [2.45, 2.75) is 46.1 Å². The third-order valence-electron chi connectivity index (χ3n) is 4.01. The van der Waals surface area contributed by atoms with Crippen LogP contribution in [0.15, 0.2) is 0 Å². The SMILES string of the molecule is CCN(CC)CC.O=C(O)C1CC2CCC(=O)N2C1=O. The van der Waals surface area contributed by atoms with E-state index in [0.717, 1.165) is 4.90 Å². The minimum atomic E-state index is -1.12. The average molecular weight is 284 g/mol. The lowest BCUT2D eigenvalue weighted by Gasteiger charge is -2.13. The van der Waals surface area contributed by atoms with Crippen molar-refractivity contribution >= 4 is 17.8 Å². The van der Waals surface area contributed by atoms with Crippen LogP contribution < -0.4 is 0 Å². The van der Waals surface area contributed by atoms with E-state index >= 15 is 0 Å². The van der Waals surface area contributed by atoms with Crippen molar-refractivity contribution < 1.29 is 19.5 Å². The number of carboxylic acid groups (broad SMARTS) is 1. The molecule has 2 aliphatic heterocycles. The second kappa shape index (κ2) is 7.38. The summed E-state index contributed by atoms with van der Waals surface area (Å²) in [5.74, 6) is -2.86. The van der Waals surface area contributed by atoms with Crippen molar-refractivity contribution in [2.24, 2.45) is 5.92 Å².